The molecule has 100 valence electrons. The molecule has 1 aromatic rings. The van der Waals surface area contributed by atoms with E-state index in [0.717, 1.165) is 37.1 Å². The van der Waals surface area contributed by atoms with Gasteiger partial charge in [0.2, 0.25) is 0 Å². The molecule has 6 heteroatoms. The molecule has 0 atom stereocenters. The number of halogens is 1. The smallest absolute Gasteiger partial charge is 0.195 e. The van der Waals surface area contributed by atoms with Crippen molar-refractivity contribution in [1.82, 2.24) is 20.0 Å². The van der Waals surface area contributed by atoms with Crippen LogP contribution in [-0.4, -0.2) is 53.2 Å². The number of nitrogens with zero attached hydrogens (tertiary/aromatic N) is 3. The second kappa shape index (κ2) is 6.45. The third kappa shape index (κ3) is 3.18. The van der Waals surface area contributed by atoms with Crippen molar-refractivity contribution in [3.05, 3.63) is 16.4 Å². The van der Waals surface area contributed by atoms with Gasteiger partial charge in [-0.25, -0.2) is 0 Å². The number of carbonyl (C=O) groups is 1. The maximum atomic E-state index is 12.3. The van der Waals surface area contributed by atoms with E-state index in [1.807, 2.05) is 6.92 Å². The molecule has 2 rings (SSSR count). The van der Waals surface area contributed by atoms with Crippen molar-refractivity contribution in [2.75, 3.05) is 32.7 Å². The van der Waals surface area contributed by atoms with Gasteiger partial charge in [-0.05, 0) is 42.4 Å². The first-order chi connectivity index (χ1) is 8.72. The number of aryl methyl sites for hydroxylation is 1. The molecular formula is C12H19BrN4O. The lowest BCUT2D eigenvalue weighted by molar-refractivity contribution is 0.0923. The summed E-state index contributed by atoms with van der Waals surface area (Å²) in [7, 11) is 0. The van der Waals surface area contributed by atoms with Gasteiger partial charge in [0.15, 0.2) is 5.78 Å². The molecule has 0 aliphatic carbocycles. The summed E-state index contributed by atoms with van der Waals surface area (Å²) >= 11 is 3.40. The van der Waals surface area contributed by atoms with Gasteiger partial charge >= 0.3 is 0 Å². The quantitative estimate of drug-likeness (QED) is 0.847. The van der Waals surface area contributed by atoms with Crippen molar-refractivity contribution in [2.45, 2.75) is 19.9 Å². The maximum Gasteiger partial charge on any atom is 0.195 e. The van der Waals surface area contributed by atoms with Crippen molar-refractivity contribution < 1.29 is 4.79 Å². The highest BCUT2D eigenvalue weighted by Gasteiger charge is 2.19. The van der Waals surface area contributed by atoms with Crippen LogP contribution in [0, 0.1) is 0 Å². The summed E-state index contributed by atoms with van der Waals surface area (Å²) < 4.78 is 2.55. The second-order valence-corrected chi connectivity index (χ2v) is 5.31. The van der Waals surface area contributed by atoms with Crippen LogP contribution < -0.4 is 5.32 Å². The number of aromatic nitrogens is 2. The van der Waals surface area contributed by atoms with E-state index in [1.165, 1.54) is 0 Å². The first kappa shape index (κ1) is 13.7. The van der Waals surface area contributed by atoms with Gasteiger partial charge < -0.3 is 5.32 Å². The van der Waals surface area contributed by atoms with Crippen LogP contribution in [0.4, 0.5) is 0 Å². The highest BCUT2D eigenvalue weighted by Crippen LogP contribution is 2.17. The summed E-state index contributed by atoms with van der Waals surface area (Å²) in [5.41, 5.74) is 0.690. The highest BCUT2D eigenvalue weighted by atomic mass is 79.9. The van der Waals surface area contributed by atoms with Gasteiger partial charge in [0.05, 0.1) is 17.2 Å². The molecule has 1 aromatic heterocycles. The lowest BCUT2D eigenvalue weighted by Gasteiger charge is -2.18. The zero-order valence-electron chi connectivity index (χ0n) is 10.7. The Morgan fingerprint density at radius 2 is 2.33 bits per heavy atom. The molecule has 18 heavy (non-hydrogen) atoms. The van der Waals surface area contributed by atoms with Gasteiger partial charge in [-0.15, -0.1) is 0 Å². The SMILES string of the molecule is CCn1ncc(Br)c1C(=O)CN1CCCNCC1. The summed E-state index contributed by atoms with van der Waals surface area (Å²) in [6.07, 6.45) is 2.79. The molecule has 1 N–H and O–H groups in total. The Hall–Kier alpha value is -0.720. The first-order valence-electron chi connectivity index (χ1n) is 6.40. The average molecular weight is 315 g/mol. The summed E-state index contributed by atoms with van der Waals surface area (Å²) in [6.45, 7) is 7.11. The lowest BCUT2D eigenvalue weighted by Crippen LogP contribution is -2.34. The summed E-state index contributed by atoms with van der Waals surface area (Å²) in [6, 6.07) is 0. The Kier molecular flexibility index (Phi) is 4.91. The predicted molar refractivity (Wildman–Crippen MR) is 73.9 cm³/mol. The third-order valence-electron chi connectivity index (χ3n) is 3.16. The van der Waals surface area contributed by atoms with E-state index in [0.29, 0.717) is 18.8 Å². The van der Waals surface area contributed by atoms with Gasteiger partial charge in [-0.3, -0.25) is 14.4 Å². The third-order valence-corrected chi connectivity index (χ3v) is 3.74. The van der Waals surface area contributed by atoms with Crippen LogP contribution >= 0.6 is 15.9 Å². The van der Waals surface area contributed by atoms with Crippen LogP contribution in [-0.2, 0) is 6.54 Å². The van der Waals surface area contributed by atoms with Crippen molar-refractivity contribution in [2.24, 2.45) is 0 Å². The molecule has 0 spiro atoms. The summed E-state index contributed by atoms with van der Waals surface area (Å²) in [5, 5.41) is 7.52. The highest BCUT2D eigenvalue weighted by molar-refractivity contribution is 9.10. The number of nitrogens with one attached hydrogen (secondary N) is 1. The molecule has 0 amide bonds. The Morgan fingerprint density at radius 1 is 1.50 bits per heavy atom. The molecule has 1 saturated heterocycles. The van der Waals surface area contributed by atoms with E-state index in [9.17, 15) is 4.79 Å². The van der Waals surface area contributed by atoms with Crippen LogP contribution in [0.15, 0.2) is 10.7 Å². The van der Waals surface area contributed by atoms with Crippen LogP contribution in [0.5, 0.6) is 0 Å². The van der Waals surface area contributed by atoms with Gasteiger partial charge in [0, 0.05) is 19.6 Å². The van der Waals surface area contributed by atoms with Crippen molar-refractivity contribution in [3.8, 4) is 0 Å². The zero-order chi connectivity index (χ0) is 13.0. The van der Waals surface area contributed by atoms with E-state index in [2.05, 4.69) is 31.2 Å². The Balaban J connectivity index is 2.04. The van der Waals surface area contributed by atoms with E-state index >= 15 is 0 Å². The fraction of sp³-hybridized carbons (Fsp3) is 0.667. The van der Waals surface area contributed by atoms with Gasteiger partial charge in [-0.2, -0.15) is 5.10 Å². The molecule has 1 aliphatic heterocycles. The van der Waals surface area contributed by atoms with Gasteiger partial charge in [-0.1, -0.05) is 0 Å². The normalized spacial score (nSPS) is 17.7. The van der Waals surface area contributed by atoms with Crippen molar-refractivity contribution >= 4 is 21.7 Å². The summed E-state index contributed by atoms with van der Waals surface area (Å²) in [4.78, 5) is 14.5. The van der Waals surface area contributed by atoms with Crippen molar-refractivity contribution in [1.29, 1.82) is 0 Å². The fourth-order valence-corrected chi connectivity index (χ4v) is 2.73. The Morgan fingerprint density at radius 3 is 3.11 bits per heavy atom. The molecule has 0 aromatic carbocycles. The molecule has 0 bridgehead atoms. The van der Waals surface area contributed by atoms with Crippen LogP contribution in [0.1, 0.15) is 23.8 Å². The van der Waals surface area contributed by atoms with Gasteiger partial charge in [0.25, 0.3) is 0 Å². The molecule has 1 fully saturated rings. The number of carbonyl (C=O) groups excluding carboxylic acids is 1. The fourth-order valence-electron chi connectivity index (χ4n) is 2.22. The molecule has 0 radical (unpaired) electrons. The standard InChI is InChI=1S/C12H19BrN4O/c1-2-17-12(10(13)8-15-17)11(18)9-16-6-3-4-14-5-7-16/h8,14H,2-7,9H2,1H3. The Labute approximate surface area is 116 Å². The van der Waals surface area contributed by atoms with Crippen molar-refractivity contribution in [3.63, 3.8) is 0 Å². The van der Waals surface area contributed by atoms with Gasteiger partial charge in [0.1, 0.15) is 5.69 Å². The Bertz CT molecular complexity index is 410. The van der Waals surface area contributed by atoms with Crippen LogP contribution in [0.25, 0.3) is 0 Å². The summed E-state index contributed by atoms with van der Waals surface area (Å²) in [5.74, 6) is 0.142. The number of hydrogen-bond acceptors (Lipinski definition) is 4. The van der Waals surface area contributed by atoms with Crippen LogP contribution in [0.3, 0.4) is 0 Å². The van der Waals surface area contributed by atoms with Crippen LogP contribution in [0.2, 0.25) is 0 Å². The molecular weight excluding hydrogens is 296 g/mol. The minimum Gasteiger partial charge on any atom is -0.315 e. The molecule has 2 heterocycles. The first-order valence-corrected chi connectivity index (χ1v) is 7.19. The number of hydrogen-bond donors (Lipinski definition) is 1. The lowest BCUT2D eigenvalue weighted by atomic mass is 10.2. The van der Waals surface area contributed by atoms with E-state index < -0.39 is 0 Å². The largest absolute Gasteiger partial charge is 0.315 e. The molecule has 1 aliphatic rings. The average Bonchev–Trinajstić information content (AvgIpc) is 2.57. The maximum absolute atomic E-state index is 12.3. The zero-order valence-corrected chi connectivity index (χ0v) is 12.2. The second-order valence-electron chi connectivity index (χ2n) is 4.46. The molecule has 0 saturated carbocycles. The van der Waals surface area contributed by atoms with E-state index in [-0.39, 0.29) is 5.78 Å². The predicted octanol–water partition coefficient (Wildman–Crippen LogP) is 1.14. The minimum absolute atomic E-state index is 0.142. The topological polar surface area (TPSA) is 50.2 Å². The number of Topliss-reactive ketones (excluding diaryl/α,β-unsaturated/α-hetero) is 1. The van der Waals surface area contributed by atoms with E-state index in [1.54, 1.807) is 10.9 Å². The number of rotatable bonds is 4. The monoisotopic (exact) mass is 314 g/mol. The molecule has 0 unspecified atom stereocenters. The minimum atomic E-state index is 0.142. The van der Waals surface area contributed by atoms with E-state index in [4.69, 9.17) is 0 Å². The molecule has 5 nitrogen and oxygen atoms in total. The number of ketones is 1.